The minimum absolute atomic E-state index is 0.378. The lowest BCUT2D eigenvalue weighted by molar-refractivity contribution is 0.821. The predicted octanol–water partition coefficient (Wildman–Crippen LogP) is 3.69. The van der Waals surface area contributed by atoms with Gasteiger partial charge in [-0.05, 0) is 29.0 Å². The van der Waals surface area contributed by atoms with Gasteiger partial charge in [0.2, 0.25) is 0 Å². The Labute approximate surface area is 110 Å². The van der Waals surface area contributed by atoms with Crippen LogP contribution in [0, 0.1) is 17.2 Å². The van der Waals surface area contributed by atoms with Crippen LogP contribution < -0.4 is 0 Å². The minimum Gasteiger partial charge on any atom is -0.236 e. The highest BCUT2D eigenvalue weighted by Gasteiger charge is 2.05. The van der Waals surface area contributed by atoms with Crippen LogP contribution in [-0.2, 0) is 0 Å². The van der Waals surface area contributed by atoms with E-state index in [1.165, 1.54) is 6.33 Å². The number of allylic oxidation sites excluding steroid dienone is 4. The van der Waals surface area contributed by atoms with Crippen molar-refractivity contribution in [1.29, 1.82) is 5.26 Å². The van der Waals surface area contributed by atoms with E-state index >= 15 is 0 Å². The van der Waals surface area contributed by atoms with Gasteiger partial charge in [0.15, 0.2) is 0 Å². The summed E-state index contributed by atoms with van der Waals surface area (Å²) in [4.78, 5) is 8.03. The zero-order chi connectivity index (χ0) is 12.8. The molecule has 0 aliphatic carbocycles. The summed E-state index contributed by atoms with van der Waals surface area (Å²) in [6.07, 6.45) is 5.40. The molecule has 0 bridgehead atoms. The number of rotatable bonds is 3. The largest absolute Gasteiger partial charge is 0.236 e. The van der Waals surface area contributed by atoms with Crippen molar-refractivity contribution in [2.45, 2.75) is 20.8 Å². The Balaban J connectivity index is 3.12. The summed E-state index contributed by atoms with van der Waals surface area (Å²) >= 11 is 3.53. The third kappa shape index (κ3) is 3.79. The fourth-order valence-corrected chi connectivity index (χ4v) is 1.44. The van der Waals surface area contributed by atoms with E-state index in [9.17, 15) is 0 Å². The molecule has 0 atom stereocenters. The van der Waals surface area contributed by atoms with Crippen molar-refractivity contribution in [3.8, 4) is 6.07 Å². The van der Waals surface area contributed by atoms with Crippen LogP contribution in [0.4, 0.5) is 0 Å². The van der Waals surface area contributed by atoms with Crippen LogP contribution in [0.15, 0.2) is 29.0 Å². The van der Waals surface area contributed by atoms with E-state index in [4.69, 9.17) is 5.26 Å². The molecular weight excluding hydrogens is 278 g/mol. The maximum Gasteiger partial charge on any atom is 0.144 e. The lowest BCUT2D eigenvalue weighted by Crippen LogP contribution is -1.93. The van der Waals surface area contributed by atoms with Crippen LogP contribution in [-0.4, -0.2) is 9.97 Å². The zero-order valence-corrected chi connectivity index (χ0v) is 11.7. The van der Waals surface area contributed by atoms with Gasteiger partial charge in [-0.1, -0.05) is 35.9 Å². The Morgan fingerprint density at radius 2 is 2.18 bits per heavy atom. The van der Waals surface area contributed by atoms with Gasteiger partial charge in [-0.3, -0.25) is 0 Å². The van der Waals surface area contributed by atoms with Gasteiger partial charge >= 0.3 is 0 Å². The number of aromatic nitrogens is 2. The molecule has 0 amide bonds. The third-order valence-electron chi connectivity index (χ3n) is 2.23. The quantitative estimate of drug-likeness (QED) is 0.798. The molecule has 17 heavy (non-hydrogen) atoms. The van der Waals surface area contributed by atoms with Crippen LogP contribution in [0.3, 0.4) is 0 Å². The highest BCUT2D eigenvalue weighted by Crippen LogP contribution is 2.23. The predicted molar refractivity (Wildman–Crippen MR) is 72.2 cm³/mol. The summed E-state index contributed by atoms with van der Waals surface area (Å²) in [6, 6.07) is 3.70. The zero-order valence-electron chi connectivity index (χ0n) is 10.1. The first-order chi connectivity index (χ1) is 8.08. The Bertz CT molecular complexity index is 496. The summed E-state index contributed by atoms with van der Waals surface area (Å²) < 4.78 is 1.10. The van der Waals surface area contributed by atoms with Crippen LogP contribution in [0.2, 0.25) is 0 Å². The second-order valence-electron chi connectivity index (χ2n) is 3.83. The molecule has 1 aromatic heterocycles. The van der Waals surface area contributed by atoms with Gasteiger partial charge in [0.1, 0.15) is 18.1 Å². The number of halogens is 1. The van der Waals surface area contributed by atoms with E-state index in [1.54, 1.807) is 6.07 Å². The molecule has 0 radical (unpaired) electrons. The van der Waals surface area contributed by atoms with E-state index in [2.05, 4.69) is 39.7 Å². The molecule has 0 saturated heterocycles. The molecule has 88 valence electrons. The molecule has 0 unspecified atom stereocenters. The lowest BCUT2D eigenvalue weighted by Gasteiger charge is -2.06. The van der Waals surface area contributed by atoms with Crippen molar-refractivity contribution in [2.24, 2.45) is 5.92 Å². The number of hydrogen-bond acceptors (Lipinski definition) is 3. The van der Waals surface area contributed by atoms with E-state index in [0.29, 0.717) is 11.6 Å². The maximum atomic E-state index is 8.80. The average molecular weight is 292 g/mol. The first-order valence-electron chi connectivity index (χ1n) is 5.34. The number of nitriles is 1. The molecule has 1 heterocycles. The standard InChI is InChI=1S/C13H14BrN3/c1-4-10(5-12(14)9(2)3)13-6-11(7-15)16-8-17-13/h4-6,8-9H,1-3H3. The van der Waals surface area contributed by atoms with Gasteiger partial charge in [0, 0.05) is 6.07 Å². The first kappa shape index (κ1) is 13.6. The Morgan fingerprint density at radius 3 is 2.71 bits per heavy atom. The van der Waals surface area contributed by atoms with Gasteiger partial charge in [-0.2, -0.15) is 5.26 Å². The first-order valence-corrected chi connectivity index (χ1v) is 6.13. The van der Waals surface area contributed by atoms with Crippen LogP contribution >= 0.6 is 15.9 Å². The van der Waals surface area contributed by atoms with E-state index in [-0.39, 0.29) is 0 Å². The highest BCUT2D eigenvalue weighted by molar-refractivity contribution is 9.11. The fourth-order valence-electron chi connectivity index (χ4n) is 1.20. The topological polar surface area (TPSA) is 49.6 Å². The monoisotopic (exact) mass is 291 g/mol. The van der Waals surface area contributed by atoms with Crippen molar-refractivity contribution in [2.75, 3.05) is 0 Å². The second kappa shape index (κ2) is 6.31. The molecule has 1 aromatic rings. The lowest BCUT2D eigenvalue weighted by atomic mass is 10.1. The molecule has 3 nitrogen and oxygen atoms in total. The third-order valence-corrected chi connectivity index (χ3v) is 3.38. The van der Waals surface area contributed by atoms with Crippen molar-refractivity contribution in [1.82, 2.24) is 9.97 Å². The summed E-state index contributed by atoms with van der Waals surface area (Å²) in [5.41, 5.74) is 2.12. The summed E-state index contributed by atoms with van der Waals surface area (Å²) in [5, 5.41) is 8.80. The van der Waals surface area contributed by atoms with Crippen molar-refractivity contribution >= 4 is 21.5 Å². The summed E-state index contributed by atoms with van der Waals surface area (Å²) in [5.74, 6) is 0.419. The summed E-state index contributed by atoms with van der Waals surface area (Å²) in [6.45, 7) is 6.16. The van der Waals surface area contributed by atoms with Crippen molar-refractivity contribution in [3.63, 3.8) is 0 Å². The Hall–Kier alpha value is -1.47. The molecule has 0 N–H and O–H groups in total. The molecule has 0 aliphatic heterocycles. The smallest absolute Gasteiger partial charge is 0.144 e. The van der Waals surface area contributed by atoms with Crippen molar-refractivity contribution < 1.29 is 0 Å². The van der Waals surface area contributed by atoms with Gasteiger partial charge in [-0.25, -0.2) is 9.97 Å². The fraction of sp³-hybridized carbons (Fsp3) is 0.308. The Kier molecular flexibility index (Phi) is 5.05. The molecule has 0 saturated carbocycles. The molecule has 1 rings (SSSR count). The normalized spacial score (nSPS) is 12.7. The second-order valence-corrected chi connectivity index (χ2v) is 4.74. The van der Waals surface area contributed by atoms with Crippen LogP contribution in [0.1, 0.15) is 32.2 Å². The van der Waals surface area contributed by atoms with Gasteiger partial charge in [0.05, 0.1) is 5.69 Å². The highest BCUT2D eigenvalue weighted by atomic mass is 79.9. The Morgan fingerprint density at radius 1 is 1.47 bits per heavy atom. The van der Waals surface area contributed by atoms with Gasteiger partial charge < -0.3 is 0 Å². The van der Waals surface area contributed by atoms with Crippen LogP contribution in [0.5, 0.6) is 0 Å². The number of hydrogen-bond donors (Lipinski definition) is 0. The summed E-state index contributed by atoms with van der Waals surface area (Å²) in [7, 11) is 0. The molecule has 0 fully saturated rings. The van der Waals surface area contributed by atoms with Gasteiger partial charge in [-0.15, -0.1) is 0 Å². The number of nitrogens with zero attached hydrogens (tertiary/aromatic N) is 3. The minimum atomic E-state index is 0.378. The average Bonchev–Trinajstić information content (AvgIpc) is 2.35. The SMILES string of the molecule is CC=C(C=C(Br)C(C)C)c1cc(C#N)ncn1. The van der Waals surface area contributed by atoms with E-state index in [1.807, 2.05) is 25.1 Å². The molecule has 0 spiro atoms. The molecule has 0 aromatic carbocycles. The van der Waals surface area contributed by atoms with Crippen molar-refractivity contribution in [3.05, 3.63) is 40.4 Å². The maximum absolute atomic E-state index is 8.80. The van der Waals surface area contributed by atoms with E-state index < -0.39 is 0 Å². The molecular formula is C13H14BrN3. The molecule has 0 aliphatic rings. The molecule has 4 heteroatoms. The van der Waals surface area contributed by atoms with Crippen LogP contribution in [0.25, 0.3) is 5.57 Å². The van der Waals surface area contributed by atoms with Gasteiger partial charge in [0.25, 0.3) is 0 Å². The van der Waals surface area contributed by atoms with E-state index in [0.717, 1.165) is 15.7 Å².